The number of carboxylic acid groups (broad SMARTS) is 1. The molecule has 1 aromatic rings. The highest BCUT2D eigenvalue weighted by atomic mass is 16.4. The molecule has 0 radical (unpaired) electrons. The van der Waals surface area contributed by atoms with Gasteiger partial charge in [0.1, 0.15) is 5.75 Å². The number of aliphatic carboxylic acids is 1. The number of fused-ring (bicyclic) bond motifs is 1. The minimum Gasteiger partial charge on any atom is -0.508 e. The molecular formula is C27H36O3. The van der Waals surface area contributed by atoms with Gasteiger partial charge in [0.05, 0.1) is 5.92 Å². The first-order valence-corrected chi connectivity index (χ1v) is 12.6. The van der Waals surface area contributed by atoms with Gasteiger partial charge in [0, 0.05) is 5.56 Å². The molecule has 0 aliphatic heterocycles. The number of benzene rings is 1. The molecule has 6 aliphatic carbocycles. The molecule has 6 saturated carbocycles. The Kier molecular flexibility index (Phi) is 4.48. The van der Waals surface area contributed by atoms with E-state index >= 15 is 0 Å². The number of aromatic hydroxyl groups is 1. The van der Waals surface area contributed by atoms with Crippen LogP contribution in [0.2, 0.25) is 0 Å². The molecule has 2 N–H and O–H groups in total. The fraction of sp³-hybridized carbons (Fsp3) is 0.741. The van der Waals surface area contributed by atoms with Gasteiger partial charge in [0.2, 0.25) is 0 Å². The van der Waals surface area contributed by atoms with E-state index in [0.29, 0.717) is 23.5 Å². The number of rotatable bonds is 3. The third-order valence-corrected chi connectivity index (χ3v) is 10.1. The lowest BCUT2D eigenvalue weighted by atomic mass is 9.48. The summed E-state index contributed by atoms with van der Waals surface area (Å²) in [6.45, 7) is 0. The lowest BCUT2D eigenvalue weighted by molar-refractivity contribution is -0.144. The van der Waals surface area contributed by atoms with Crippen molar-refractivity contribution >= 4 is 5.97 Å². The summed E-state index contributed by atoms with van der Waals surface area (Å²) in [5.41, 5.74) is 2.96. The topological polar surface area (TPSA) is 57.5 Å². The van der Waals surface area contributed by atoms with Gasteiger partial charge in [0.15, 0.2) is 0 Å². The summed E-state index contributed by atoms with van der Waals surface area (Å²) >= 11 is 0. The van der Waals surface area contributed by atoms with Crippen molar-refractivity contribution in [1.29, 1.82) is 0 Å². The van der Waals surface area contributed by atoms with E-state index in [4.69, 9.17) is 0 Å². The van der Waals surface area contributed by atoms with E-state index in [-0.39, 0.29) is 11.3 Å². The largest absolute Gasteiger partial charge is 0.508 e. The van der Waals surface area contributed by atoms with Gasteiger partial charge < -0.3 is 10.2 Å². The molecule has 162 valence electrons. The average Bonchev–Trinajstić information content (AvgIpc) is 2.72. The maximum Gasteiger partial charge on any atom is 0.306 e. The Morgan fingerprint density at radius 1 is 0.833 bits per heavy atom. The highest BCUT2D eigenvalue weighted by Gasteiger charge is 2.52. The van der Waals surface area contributed by atoms with E-state index in [1.807, 2.05) is 6.07 Å². The van der Waals surface area contributed by atoms with Gasteiger partial charge in [-0.15, -0.1) is 0 Å². The summed E-state index contributed by atoms with van der Waals surface area (Å²) in [6.07, 6.45) is 14.6. The van der Waals surface area contributed by atoms with E-state index in [1.165, 1.54) is 68.9 Å². The molecule has 4 bridgehead atoms. The van der Waals surface area contributed by atoms with Crippen LogP contribution in [0, 0.1) is 35.5 Å². The second-order valence-corrected chi connectivity index (χ2v) is 11.9. The van der Waals surface area contributed by atoms with Crippen molar-refractivity contribution in [2.24, 2.45) is 35.5 Å². The number of hydrogen-bond donors (Lipinski definition) is 2. The second-order valence-electron chi connectivity index (χ2n) is 11.9. The van der Waals surface area contributed by atoms with Crippen molar-refractivity contribution < 1.29 is 15.0 Å². The smallest absolute Gasteiger partial charge is 0.306 e. The van der Waals surface area contributed by atoms with Crippen molar-refractivity contribution in [2.75, 3.05) is 0 Å². The Labute approximate surface area is 180 Å². The molecule has 0 saturated heterocycles. The van der Waals surface area contributed by atoms with E-state index in [0.717, 1.165) is 37.0 Å². The lowest BCUT2D eigenvalue weighted by Gasteiger charge is -2.57. The molecule has 30 heavy (non-hydrogen) atoms. The number of phenols is 1. The molecule has 6 aliphatic rings. The van der Waals surface area contributed by atoms with Crippen LogP contribution in [-0.4, -0.2) is 16.2 Å². The molecule has 7 rings (SSSR count). The Morgan fingerprint density at radius 2 is 1.47 bits per heavy atom. The van der Waals surface area contributed by atoms with E-state index in [1.54, 1.807) is 0 Å². The Morgan fingerprint density at radius 3 is 2.13 bits per heavy atom. The third kappa shape index (κ3) is 3.10. The predicted molar refractivity (Wildman–Crippen MR) is 117 cm³/mol. The molecule has 3 heteroatoms. The molecule has 3 nitrogen and oxygen atoms in total. The molecular weight excluding hydrogens is 372 g/mol. The van der Waals surface area contributed by atoms with Crippen LogP contribution in [0.5, 0.6) is 5.75 Å². The van der Waals surface area contributed by atoms with Crippen LogP contribution in [0.15, 0.2) is 18.2 Å². The minimum absolute atomic E-state index is 0.112. The Balaban J connectivity index is 1.24. The first-order chi connectivity index (χ1) is 14.5. The monoisotopic (exact) mass is 408 g/mol. The maximum absolute atomic E-state index is 11.4. The van der Waals surface area contributed by atoms with Crippen LogP contribution in [0.4, 0.5) is 0 Å². The SMILES string of the molecule is O=C(O)C1CCC2CC(c3ccc(O)c(C45CC6CC(CC(C6)C4)C5)c3)CCC2C1. The molecule has 0 spiro atoms. The van der Waals surface area contributed by atoms with Gasteiger partial charge in [-0.2, -0.15) is 0 Å². The van der Waals surface area contributed by atoms with Gasteiger partial charge in [-0.25, -0.2) is 0 Å². The summed E-state index contributed by atoms with van der Waals surface area (Å²) in [5.74, 6) is 4.38. The molecule has 0 amide bonds. The molecule has 6 fully saturated rings. The molecule has 0 heterocycles. The highest BCUT2D eigenvalue weighted by molar-refractivity contribution is 5.70. The summed E-state index contributed by atoms with van der Waals surface area (Å²) in [5, 5.41) is 20.3. The Bertz CT molecular complexity index is 807. The zero-order valence-electron chi connectivity index (χ0n) is 18.1. The van der Waals surface area contributed by atoms with E-state index in [2.05, 4.69) is 12.1 Å². The summed E-state index contributed by atoms with van der Waals surface area (Å²) < 4.78 is 0. The first-order valence-electron chi connectivity index (χ1n) is 12.6. The zero-order valence-corrected chi connectivity index (χ0v) is 18.1. The van der Waals surface area contributed by atoms with Crippen LogP contribution in [-0.2, 0) is 10.2 Å². The van der Waals surface area contributed by atoms with Crippen molar-refractivity contribution in [3.05, 3.63) is 29.3 Å². The van der Waals surface area contributed by atoms with Gasteiger partial charge in [0.25, 0.3) is 0 Å². The minimum atomic E-state index is -0.589. The third-order valence-electron chi connectivity index (χ3n) is 10.1. The molecule has 4 atom stereocenters. The van der Waals surface area contributed by atoms with Crippen LogP contribution < -0.4 is 0 Å². The van der Waals surface area contributed by atoms with Gasteiger partial charge in [-0.1, -0.05) is 12.1 Å². The number of phenolic OH excluding ortho intramolecular Hbond substituents is 1. The van der Waals surface area contributed by atoms with Gasteiger partial charge in [-0.05, 0) is 130 Å². The van der Waals surface area contributed by atoms with E-state index in [9.17, 15) is 15.0 Å². The fourth-order valence-electron chi connectivity index (χ4n) is 9.09. The van der Waals surface area contributed by atoms with E-state index < -0.39 is 5.97 Å². The summed E-state index contributed by atoms with van der Waals surface area (Å²) in [4.78, 5) is 11.4. The zero-order chi connectivity index (χ0) is 20.5. The Hall–Kier alpha value is -1.51. The fourth-order valence-corrected chi connectivity index (χ4v) is 9.09. The standard InChI is InChI=1S/C27H36O3/c28-25-6-5-22(20-1-2-21-11-23(26(29)30)4-3-19(21)10-20)12-24(25)27-13-16-7-17(14-27)9-18(8-16)15-27/h5-6,12,16-21,23,28H,1-4,7-11,13-15H2,(H,29,30). The second kappa shape index (κ2) is 7.00. The highest BCUT2D eigenvalue weighted by Crippen LogP contribution is 2.62. The molecule has 4 unspecified atom stereocenters. The maximum atomic E-state index is 11.4. The summed E-state index contributed by atoms with van der Waals surface area (Å²) in [7, 11) is 0. The van der Waals surface area contributed by atoms with Gasteiger partial charge in [-0.3, -0.25) is 4.79 Å². The normalized spacial score (nSPS) is 44.6. The summed E-state index contributed by atoms with van der Waals surface area (Å²) in [6, 6.07) is 6.60. The quantitative estimate of drug-likeness (QED) is 0.622. The van der Waals surface area contributed by atoms with Crippen LogP contribution in [0.3, 0.4) is 0 Å². The van der Waals surface area contributed by atoms with Gasteiger partial charge >= 0.3 is 5.97 Å². The van der Waals surface area contributed by atoms with Crippen molar-refractivity contribution in [2.45, 2.75) is 88.4 Å². The lowest BCUT2D eigenvalue weighted by Crippen LogP contribution is -2.48. The average molecular weight is 409 g/mol. The number of carbonyl (C=O) groups is 1. The number of carboxylic acids is 1. The number of hydrogen-bond acceptors (Lipinski definition) is 2. The van der Waals surface area contributed by atoms with Crippen molar-refractivity contribution in [1.82, 2.24) is 0 Å². The molecule has 1 aromatic carbocycles. The van der Waals surface area contributed by atoms with Crippen molar-refractivity contribution in [3.63, 3.8) is 0 Å². The van der Waals surface area contributed by atoms with Crippen LogP contribution >= 0.6 is 0 Å². The van der Waals surface area contributed by atoms with Crippen molar-refractivity contribution in [3.8, 4) is 5.75 Å². The predicted octanol–water partition coefficient (Wildman–Crippen LogP) is 6.24. The van der Waals surface area contributed by atoms with Crippen LogP contribution in [0.1, 0.15) is 94.1 Å². The first kappa shape index (κ1) is 19.2. The van der Waals surface area contributed by atoms with Crippen LogP contribution in [0.25, 0.3) is 0 Å². The molecule has 0 aromatic heterocycles.